The van der Waals surface area contributed by atoms with Crippen molar-refractivity contribution in [3.8, 4) is 0 Å². The lowest BCUT2D eigenvalue weighted by Crippen LogP contribution is -1.84. The van der Waals surface area contributed by atoms with Gasteiger partial charge in [-0.2, -0.15) is 0 Å². The van der Waals surface area contributed by atoms with Crippen LogP contribution in [0.5, 0.6) is 0 Å². The standard InChI is InChI=1S/C6H8IN3/c1-2-8-4-6-9-3-5(7)10-6/h3-4H,2H2,1H3,(H,9,10)/b8-4-. The van der Waals surface area contributed by atoms with Gasteiger partial charge < -0.3 is 4.98 Å². The topological polar surface area (TPSA) is 41.0 Å². The van der Waals surface area contributed by atoms with Gasteiger partial charge in [-0.25, -0.2) is 4.98 Å². The van der Waals surface area contributed by atoms with Gasteiger partial charge in [0.05, 0.1) is 16.1 Å². The van der Waals surface area contributed by atoms with Gasteiger partial charge in [0, 0.05) is 6.54 Å². The van der Waals surface area contributed by atoms with E-state index in [-0.39, 0.29) is 0 Å². The van der Waals surface area contributed by atoms with Gasteiger partial charge in [0.15, 0.2) is 0 Å². The molecule has 0 unspecified atom stereocenters. The van der Waals surface area contributed by atoms with E-state index >= 15 is 0 Å². The number of hydrogen-bond donors (Lipinski definition) is 1. The molecule has 0 aliphatic carbocycles. The number of halogens is 1. The molecular formula is C6H8IN3. The highest BCUT2D eigenvalue weighted by atomic mass is 127. The molecule has 0 amide bonds. The molecule has 4 heteroatoms. The third kappa shape index (κ3) is 2.09. The molecule has 0 aliphatic heterocycles. The molecule has 0 saturated heterocycles. The average molecular weight is 249 g/mol. The fourth-order valence-electron chi connectivity index (χ4n) is 0.556. The molecule has 0 bridgehead atoms. The Hall–Kier alpha value is -0.390. The van der Waals surface area contributed by atoms with Gasteiger partial charge in [-0.15, -0.1) is 0 Å². The van der Waals surface area contributed by atoms with E-state index < -0.39 is 0 Å². The summed E-state index contributed by atoms with van der Waals surface area (Å²) in [7, 11) is 0. The van der Waals surface area contributed by atoms with E-state index in [4.69, 9.17) is 0 Å². The number of rotatable bonds is 2. The van der Waals surface area contributed by atoms with Crippen molar-refractivity contribution in [1.29, 1.82) is 0 Å². The van der Waals surface area contributed by atoms with Crippen LogP contribution in [-0.2, 0) is 0 Å². The van der Waals surface area contributed by atoms with Crippen LogP contribution in [0.25, 0.3) is 0 Å². The molecule has 1 rings (SSSR count). The summed E-state index contributed by atoms with van der Waals surface area (Å²) < 4.78 is 1.04. The van der Waals surface area contributed by atoms with Crippen LogP contribution in [-0.4, -0.2) is 22.7 Å². The van der Waals surface area contributed by atoms with Gasteiger partial charge in [0.2, 0.25) is 0 Å². The largest absolute Gasteiger partial charge is 0.333 e. The molecular weight excluding hydrogens is 241 g/mol. The van der Waals surface area contributed by atoms with Crippen LogP contribution >= 0.6 is 22.6 Å². The van der Waals surface area contributed by atoms with E-state index in [1.54, 1.807) is 12.4 Å². The third-order valence-corrected chi connectivity index (χ3v) is 1.51. The lowest BCUT2D eigenvalue weighted by molar-refractivity contribution is 1.13. The van der Waals surface area contributed by atoms with Crippen molar-refractivity contribution in [3.63, 3.8) is 0 Å². The van der Waals surface area contributed by atoms with Crippen LogP contribution in [0.2, 0.25) is 0 Å². The highest BCUT2D eigenvalue weighted by molar-refractivity contribution is 14.1. The van der Waals surface area contributed by atoms with Crippen LogP contribution < -0.4 is 0 Å². The predicted octanol–water partition coefficient (Wildman–Crippen LogP) is 1.45. The minimum absolute atomic E-state index is 0.803. The molecule has 0 radical (unpaired) electrons. The number of aromatic amines is 1. The van der Waals surface area contributed by atoms with E-state index in [0.29, 0.717) is 0 Å². The van der Waals surface area contributed by atoms with Crippen LogP contribution in [0.3, 0.4) is 0 Å². The van der Waals surface area contributed by atoms with Crippen molar-refractivity contribution in [2.75, 3.05) is 6.54 Å². The molecule has 1 aromatic rings. The van der Waals surface area contributed by atoms with Crippen molar-refractivity contribution in [2.24, 2.45) is 4.99 Å². The maximum atomic E-state index is 4.04. The summed E-state index contributed by atoms with van der Waals surface area (Å²) in [6.07, 6.45) is 3.51. The Bertz CT molecular complexity index is 229. The zero-order valence-corrected chi connectivity index (χ0v) is 7.79. The summed E-state index contributed by atoms with van der Waals surface area (Å²) in [6.45, 7) is 2.79. The smallest absolute Gasteiger partial charge is 0.148 e. The number of imidazole rings is 1. The second kappa shape index (κ2) is 3.70. The summed E-state index contributed by atoms with van der Waals surface area (Å²) in [4.78, 5) is 11.1. The molecule has 0 aliphatic rings. The SMILES string of the molecule is CC/N=C\c1ncc(I)[nH]1. The van der Waals surface area contributed by atoms with Crippen molar-refractivity contribution < 1.29 is 0 Å². The van der Waals surface area contributed by atoms with Gasteiger partial charge >= 0.3 is 0 Å². The number of hydrogen-bond acceptors (Lipinski definition) is 2. The maximum absolute atomic E-state index is 4.04. The van der Waals surface area contributed by atoms with Gasteiger partial charge in [0.1, 0.15) is 5.82 Å². The summed E-state index contributed by atoms with van der Waals surface area (Å²) in [5, 5.41) is 0. The fraction of sp³-hybridized carbons (Fsp3) is 0.333. The number of nitrogens with zero attached hydrogens (tertiary/aromatic N) is 2. The van der Waals surface area contributed by atoms with E-state index in [1.807, 2.05) is 6.92 Å². The summed E-state index contributed by atoms with van der Waals surface area (Å²) in [6, 6.07) is 0. The third-order valence-electron chi connectivity index (χ3n) is 0.961. The van der Waals surface area contributed by atoms with E-state index in [2.05, 4.69) is 37.6 Å². The summed E-state index contributed by atoms with van der Waals surface area (Å²) in [5.41, 5.74) is 0. The van der Waals surface area contributed by atoms with E-state index in [9.17, 15) is 0 Å². The Morgan fingerprint density at radius 1 is 1.90 bits per heavy atom. The van der Waals surface area contributed by atoms with Gasteiger partial charge in [-0.05, 0) is 29.5 Å². The quantitative estimate of drug-likeness (QED) is 0.625. The molecule has 10 heavy (non-hydrogen) atoms. The highest BCUT2D eigenvalue weighted by Crippen LogP contribution is 1.97. The van der Waals surface area contributed by atoms with Crippen LogP contribution in [0, 0.1) is 3.70 Å². The van der Waals surface area contributed by atoms with Gasteiger partial charge in [-0.3, -0.25) is 4.99 Å². The van der Waals surface area contributed by atoms with E-state index in [1.165, 1.54) is 0 Å². The molecule has 54 valence electrons. The minimum Gasteiger partial charge on any atom is -0.333 e. The molecule has 0 fully saturated rings. The zero-order chi connectivity index (χ0) is 7.40. The van der Waals surface area contributed by atoms with Crippen LogP contribution in [0.1, 0.15) is 12.7 Å². The lowest BCUT2D eigenvalue weighted by Gasteiger charge is -1.80. The van der Waals surface area contributed by atoms with Crippen LogP contribution in [0.4, 0.5) is 0 Å². The number of H-pyrrole nitrogens is 1. The Kier molecular flexibility index (Phi) is 2.85. The van der Waals surface area contributed by atoms with Crippen molar-refractivity contribution in [2.45, 2.75) is 6.92 Å². The summed E-state index contributed by atoms with van der Waals surface area (Å²) >= 11 is 2.17. The molecule has 1 N–H and O–H groups in total. The highest BCUT2D eigenvalue weighted by Gasteiger charge is 1.90. The molecule has 0 spiro atoms. The van der Waals surface area contributed by atoms with Gasteiger partial charge in [0.25, 0.3) is 0 Å². The Morgan fingerprint density at radius 2 is 2.70 bits per heavy atom. The minimum atomic E-state index is 0.803. The molecule has 1 aromatic heterocycles. The first-order valence-electron chi connectivity index (χ1n) is 3.03. The number of aliphatic imine (C=N–C) groups is 1. The molecule has 0 atom stereocenters. The first kappa shape index (κ1) is 7.71. The van der Waals surface area contributed by atoms with E-state index in [0.717, 1.165) is 16.1 Å². The van der Waals surface area contributed by atoms with Gasteiger partial charge in [-0.1, -0.05) is 0 Å². The Balaban J connectivity index is 2.67. The molecule has 0 aromatic carbocycles. The Morgan fingerprint density at radius 3 is 3.20 bits per heavy atom. The second-order valence-corrected chi connectivity index (χ2v) is 2.91. The average Bonchev–Trinajstić information content (AvgIpc) is 2.31. The fourth-order valence-corrected chi connectivity index (χ4v) is 0.972. The molecule has 1 heterocycles. The van der Waals surface area contributed by atoms with Crippen molar-refractivity contribution in [3.05, 3.63) is 15.7 Å². The first-order chi connectivity index (χ1) is 4.83. The predicted molar refractivity (Wildman–Crippen MR) is 49.4 cm³/mol. The normalized spacial score (nSPS) is 11.0. The van der Waals surface area contributed by atoms with Crippen LogP contribution in [0.15, 0.2) is 11.2 Å². The first-order valence-corrected chi connectivity index (χ1v) is 4.11. The Labute approximate surface area is 73.1 Å². The molecule has 3 nitrogen and oxygen atoms in total. The van der Waals surface area contributed by atoms with Crippen molar-refractivity contribution in [1.82, 2.24) is 9.97 Å². The lowest BCUT2D eigenvalue weighted by atomic mass is 10.6. The zero-order valence-electron chi connectivity index (χ0n) is 5.63. The number of nitrogens with one attached hydrogen (secondary N) is 1. The molecule has 0 saturated carbocycles. The van der Waals surface area contributed by atoms with Crippen molar-refractivity contribution >= 4 is 28.8 Å². The summed E-state index contributed by atoms with van der Waals surface area (Å²) in [5.74, 6) is 0.825. The monoisotopic (exact) mass is 249 g/mol. The second-order valence-electron chi connectivity index (χ2n) is 1.74. The maximum Gasteiger partial charge on any atom is 0.148 e. The number of aromatic nitrogens is 2.